The number of halogens is 1. The van der Waals surface area contributed by atoms with E-state index in [2.05, 4.69) is 6.07 Å². The van der Waals surface area contributed by atoms with Crippen LogP contribution in [0.5, 0.6) is 0 Å². The predicted octanol–water partition coefficient (Wildman–Crippen LogP) is 4.99. The van der Waals surface area contributed by atoms with Gasteiger partial charge in [0.15, 0.2) is 9.84 Å². The summed E-state index contributed by atoms with van der Waals surface area (Å²) in [6, 6.07) is 19.0. The molecule has 6 nitrogen and oxygen atoms in total. The fourth-order valence-electron chi connectivity index (χ4n) is 3.69. The van der Waals surface area contributed by atoms with Crippen molar-refractivity contribution in [2.75, 3.05) is 6.26 Å². The van der Waals surface area contributed by atoms with Gasteiger partial charge in [-0.2, -0.15) is 5.26 Å². The van der Waals surface area contributed by atoms with Crippen molar-refractivity contribution >= 4 is 38.4 Å². The van der Waals surface area contributed by atoms with Crippen LogP contribution in [-0.2, 0) is 16.4 Å². The van der Waals surface area contributed by atoms with E-state index in [1.807, 2.05) is 10.8 Å². The lowest BCUT2D eigenvalue weighted by molar-refractivity contribution is 0.0697. The molecule has 0 fully saturated rings. The average Bonchev–Trinajstić information content (AvgIpc) is 3.15. The number of aromatic nitrogens is 1. The monoisotopic (exact) mass is 474 g/mol. The lowest BCUT2D eigenvalue weighted by Gasteiger charge is -2.07. The summed E-state index contributed by atoms with van der Waals surface area (Å²) in [5.41, 5.74) is 3.16. The van der Waals surface area contributed by atoms with Crippen LogP contribution in [0, 0.1) is 17.1 Å². The Hall–Kier alpha value is -4.22. The highest BCUT2D eigenvalue weighted by Crippen LogP contribution is 2.29. The van der Waals surface area contributed by atoms with Crippen LogP contribution in [0.3, 0.4) is 0 Å². The van der Waals surface area contributed by atoms with Crippen LogP contribution in [-0.4, -0.2) is 30.3 Å². The molecule has 0 saturated carbocycles. The van der Waals surface area contributed by atoms with E-state index in [0.29, 0.717) is 28.8 Å². The summed E-state index contributed by atoms with van der Waals surface area (Å²) in [7, 11) is -3.44. The largest absolute Gasteiger partial charge is 0.478 e. The summed E-state index contributed by atoms with van der Waals surface area (Å²) in [6.07, 6.45) is 4.62. The molecule has 0 spiro atoms. The van der Waals surface area contributed by atoms with Gasteiger partial charge in [0.05, 0.1) is 27.6 Å². The van der Waals surface area contributed by atoms with Crippen molar-refractivity contribution in [3.8, 4) is 6.07 Å². The van der Waals surface area contributed by atoms with Gasteiger partial charge in [-0.05, 0) is 53.6 Å². The zero-order valence-corrected chi connectivity index (χ0v) is 18.9. The lowest BCUT2D eigenvalue weighted by atomic mass is 10.0. The van der Waals surface area contributed by atoms with E-state index in [0.717, 1.165) is 17.2 Å². The van der Waals surface area contributed by atoms with Gasteiger partial charge in [-0.3, -0.25) is 0 Å². The highest BCUT2D eigenvalue weighted by atomic mass is 32.2. The molecule has 0 amide bonds. The van der Waals surface area contributed by atoms with Crippen molar-refractivity contribution in [1.29, 1.82) is 5.26 Å². The van der Waals surface area contributed by atoms with Gasteiger partial charge in [0, 0.05) is 29.9 Å². The topological polar surface area (TPSA) is 100 Å². The number of hydrogen-bond donors (Lipinski definition) is 1. The van der Waals surface area contributed by atoms with Crippen LogP contribution in [0.15, 0.2) is 77.8 Å². The molecule has 0 atom stereocenters. The smallest absolute Gasteiger partial charge is 0.335 e. The lowest BCUT2D eigenvalue weighted by Crippen LogP contribution is -2.00. The second-order valence-corrected chi connectivity index (χ2v) is 9.86. The molecule has 0 unspecified atom stereocenters. The third kappa shape index (κ3) is 4.75. The quantitative estimate of drug-likeness (QED) is 0.397. The van der Waals surface area contributed by atoms with E-state index in [4.69, 9.17) is 5.11 Å². The number of rotatable bonds is 6. The number of fused-ring (bicyclic) bond motifs is 1. The maximum absolute atomic E-state index is 13.3. The average molecular weight is 475 g/mol. The maximum atomic E-state index is 13.3. The van der Waals surface area contributed by atoms with Crippen molar-refractivity contribution in [2.45, 2.75) is 11.4 Å². The van der Waals surface area contributed by atoms with Crippen molar-refractivity contribution in [3.63, 3.8) is 0 Å². The second-order valence-electron chi connectivity index (χ2n) is 7.84. The molecule has 1 aromatic heterocycles. The standard InChI is InChI=1S/C26H19FN2O4S/c1-34(32,33)23-10-11-24-21(12-20(14-28)18-4-6-19(7-5-18)26(30)31)16-29(25(24)13-23)15-17-2-8-22(27)9-3-17/h2-13,16H,15H2,1H3,(H,30,31). The van der Waals surface area contributed by atoms with Gasteiger partial charge in [-0.1, -0.05) is 30.3 Å². The van der Waals surface area contributed by atoms with Gasteiger partial charge in [0.25, 0.3) is 0 Å². The summed E-state index contributed by atoms with van der Waals surface area (Å²) in [4.78, 5) is 11.3. The van der Waals surface area contributed by atoms with Crippen molar-refractivity contribution < 1.29 is 22.7 Å². The Kier molecular flexibility index (Phi) is 6.05. The molecular formula is C26H19FN2O4S. The minimum absolute atomic E-state index is 0.116. The molecule has 8 heteroatoms. The molecule has 170 valence electrons. The molecule has 3 aromatic carbocycles. The first-order chi connectivity index (χ1) is 16.2. The van der Waals surface area contributed by atoms with Crippen molar-refractivity contribution in [3.05, 3.63) is 101 Å². The van der Waals surface area contributed by atoms with E-state index in [1.165, 1.54) is 30.3 Å². The Bertz CT molecular complexity index is 1580. The van der Waals surface area contributed by atoms with Crippen molar-refractivity contribution in [2.24, 2.45) is 0 Å². The number of carboxylic acids is 1. The zero-order chi connectivity index (χ0) is 24.5. The van der Waals surface area contributed by atoms with E-state index in [9.17, 15) is 22.9 Å². The maximum Gasteiger partial charge on any atom is 0.335 e. The summed E-state index contributed by atoms with van der Waals surface area (Å²) in [5.74, 6) is -1.41. The molecule has 0 saturated heterocycles. The Morgan fingerprint density at radius 1 is 1.06 bits per heavy atom. The van der Waals surface area contributed by atoms with E-state index < -0.39 is 15.8 Å². The number of hydrogen-bond acceptors (Lipinski definition) is 4. The van der Waals surface area contributed by atoms with Gasteiger partial charge < -0.3 is 9.67 Å². The number of aromatic carboxylic acids is 1. The highest BCUT2D eigenvalue weighted by Gasteiger charge is 2.14. The van der Waals surface area contributed by atoms with Crippen LogP contribution in [0.1, 0.15) is 27.0 Å². The number of allylic oxidation sites excluding steroid dienone is 1. The van der Waals surface area contributed by atoms with Crippen LogP contribution < -0.4 is 0 Å². The third-order valence-electron chi connectivity index (χ3n) is 5.44. The van der Waals surface area contributed by atoms with E-state index >= 15 is 0 Å². The minimum atomic E-state index is -3.44. The van der Waals surface area contributed by atoms with Crippen LogP contribution in [0.25, 0.3) is 22.6 Å². The molecule has 0 aliphatic rings. The number of carbonyl (C=O) groups is 1. The number of sulfone groups is 1. The van der Waals surface area contributed by atoms with Gasteiger partial charge in [0.1, 0.15) is 5.82 Å². The summed E-state index contributed by atoms with van der Waals surface area (Å²) in [6.45, 7) is 0.368. The third-order valence-corrected chi connectivity index (χ3v) is 6.55. The molecule has 0 aliphatic heterocycles. The first-order valence-corrected chi connectivity index (χ1v) is 12.1. The molecular weight excluding hydrogens is 455 g/mol. The molecule has 4 aromatic rings. The predicted molar refractivity (Wildman–Crippen MR) is 127 cm³/mol. The van der Waals surface area contributed by atoms with Crippen LogP contribution in [0.4, 0.5) is 4.39 Å². The minimum Gasteiger partial charge on any atom is -0.478 e. The van der Waals surface area contributed by atoms with Crippen molar-refractivity contribution in [1.82, 2.24) is 4.57 Å². The molecule has 4 rings (SSSR count). The first kappa shape index (κ1) is 23.0. The number of benzene rings is 3. The molecule has 1 heterocycles. The zero-order valence-electron chi connectivity index (χ0n) is 18.1. The van der Waals surface area contributed by atoms with Gasteiger partial charge >= 0.3 is 5.97 Å². The Labute approximate surface area is 195 Å². The Balaban J connectivity index is 1.85. The molecule has 0 aliphatic carbocycles. The summed E-state index contributed by atoms with van der Waals surface area (Å²) >= 11 is 0. The van der Waals surface area contributed by atoms with Crippen LogP contribution in [0.2, 0.25) is 0 Å². The Morgan fingerprint density at radius 2 is 1.71 bits per heavy atom. The fraction of sp³-hybridized carbons (Fsp3) is 0.0769. The highest BCUT2D eigenvalue weighted by molar-refractivity contribution is 7.90. The number of nitriles is 1. The van der Waals surface area contributed by atoms with Crippen LogP contribution >= 0.6 is 0 Å². The second kappa shape index (κ2) is 8.96. The van der Waals surface area contributed by atoms with E-state index in [-0.39, 0.29) is 16.3 Å². The molecule has 1 N–H and O–H groups in total. The first-order valence-electron chi connectivity index (χ1n) is 10.2. The normalized spacial score (nSPS) is 12.0. The molecule has 0 radical (unpaired) electrons. The summed E-state index contributed by atoms with van der Waals surface area (Å²) in [5, 5.41) is 19.6. The molecule has 34 heavy (non-hydrogen) atoms. The van der Waals surface area contributed by atoms with Gasteiger partial charge in [-0.15, -0.1) is 0 Å². The fourth-order valence-corrected chi connectivity index (χ4v) is 4.33. The van der Waals surface area contributed by atoms with E-state index in [1.54, 1.807) is 42.5 Å². The number of nitrogens with zero attached hydrogens (tertiary/aromatic N) is 2. The number of carboxylic acid groups (broad SMARTS) is 1. The SMILES string of the molecule is CS(=O)(=O)c1ccc2c(C=C(C#N)c3ccc(C(=O)O)cc3)cn(Cc3ccc(F)cc3)c2c1. The Morgan fingerprint density at radius 3 is 2.29 bits per heavy atom. The molecule has 0 bridgehead atoms. The van der Waals surface area contributed by atoms with Gasteiger partial charge in [-0.25, -0.2) is 17.6 Å². The summed E-state index contributed by atoms with van der Waals surface area (Å²) < 4.78 is 39.4. The van der Waals surface area contributed by atoms with Gasteiger partial charge in [0.2, 0.25) is 0 Å².